The van der Waals surface area contributed by atoms with Crippen LogP contribution in [0, 0.1) is 0 Å². The Balaban J connectivity index is 1.05. The fraction of sp³-hybridized carbons (Fsp3) is 0. The molecular formula is C52H32N2O2. The highest BCUT2D eigenvalue weighted by Gasteiger charge is 2.19. The first-order chi connectivity index (χ1) is 27.7. The average Bonchev–Trinajstić information content (AvgIpc) is 3.93. The number of nitrogens with zero attached hydrogens (tertiary/aromatic N) is 2. The van der Waals surface area contributed by atoms with Crippen LogP contribution in [0.5, 0.6) is 0 Å². The second-order valence-corrected chi connectivity index (χ2v) is 14.5. The number of hydrogen-bond donors (Lipinski definition) is 0. The van der Waals surface area contributed by atoms with E-state index in [1.165, 1.54) is 32.6 Å². The van der Waals surface area contributed by atoms with Gasteiger partial charge in [0.2, 0.25) is 0 Å². The molecule has 0 aliphatic rings. The van der Waals surface area contributed by atoms with Crippen LogP contribution in [-0.2, 0) is 0 Å². The Morgan fingerprint density at radius 1 is 0.339 bits per heavy atom. The maximum atomic E-state index is 6.35. The molecule has 0 fully saturated rings. The van der Waals surface area contributed by atoms with E-state index >= 15 is 0 Å². The molecule has 0 saturated carbocycles. The number of aromatic nitrogens is 1. The topological polar surface area (TPSA) is 34.5 Å². The number of fused-ring (bicyclic) bond motifs is 11. The summed E-state index contributed by atoms with van der Waals surface area (Å²) >= 11 is 0. The van der Waals surface area contributed by atoms with E-state index in [1.54, 1.807) is 0 Å². The van der Waals surface area contributed by atoms with Crippen LogP contribution in [0.3, 0.4) is 0 Å². The maximum Gasteiger partial charge on any atom is 0.137 e. The molecule has 3 heterocycles. The van der Waals surface area contributed by atoms with Gasteiger partial charge in [-0.15, -0.1) is 0 Å². The second-order valence-electron chi connectivity index (χ2n) is 14.5. The Morgan fingerprint density at radius 2 is 1.00 bits per heavy atom. The third kappa shape index (κ3) is 4.66. The van der Waals surface area contributed by atoms with E-state index in [4.69, 9.17) is 8.83 Å². The van der Waals surface area contributed by atoms with E-state index in [0.29, 0.717) is 0 Å². The third-order valence-corrected chi connectivity index (χ3v) is 11.3. The molecule has 9 aromatic carbocycles. The number of benzene rings is 9. The number of hydrogen-bond acceptors (Lipinski definition) is 3. The lowest BCUT2D eigenvalue weighted by Gasteiger charge is -2.26. The summed E-state index contributed by atoms with van der Waals surface area (Å²) in [5, 5.41) is 9.34. The summed E-state index contributed by atoms with van der Waals surface area (Å²) < 4.78 is 15.1. The molecule has 0 aliphatic heterocycles. The molecule has 0 amide bonds. The second kappa shape index (κ2) is 12.0. The zero-order valence-electron chi connectivity index (χ0n) is 30.2. The Labute approximate surface area is 321 Å². The molecule has 0 unspecified atom stereocenters. The molecule has 56 heavy (non-hydrogen) atoms. The molecule has 0 aliphatic carbocycles. The Kier molecular flexibility index (Phi) is 6.60. The summed E-state index contributed by atoms with van der Waals surface area (Å²) in [5.41, 5.74) is 12.5. The highest BCUT2D eigenvalue weighted by atomic mass is 16.3. The molecule has 0 spiro atoms. The zero-order chi connectivity index (χ0) is 36.7. The van der Waals surface area contributed by atoms with Gasteiger partial charge >= 0.3 is 0 Å². The van der Waals surface area contributed by atoms with Crippen LogP contribution >= 0.6 is 0 Å². The largest absolute Gasteiger partial charge is 0.456 e. The molecule has 0 atom stereocenters. The van der Waals surface area contributed by atoms with E-state index < -0.39 is 0 Å². The van der Waals surface area contributed by atoms with Crippen LogP contribution in [0.25, 0.3) is 93.3 Å². The van der Waals surface area contributed by atoms with Gasteiger partial charge in [0.1, 0.15) is 22.3 Å². The van der Waals surface area contributed by atoms with Gasteiger partial charge in [-0.05, 0) is 113 Å². The molecule has 12 rings (SSSR count). The maximum absolute atomic E-state index is 6.35. The van der Waals surface area contributed by atoms with Crippen LogP contribution in [-0.4, -0.2) is 4.57 Å². The molecule has 0 N–H and O–H groups in total. The molecule has 3 aromatic heterocycles. The molecule has 0 radical (unpaired) electrons. The van der Waals surface area contributed by atoms with Gasteiger partial charge in [-0.2, -0.15) is 0 Å². The van der Waals surface area contributed by atoms with Crippen molar-refractivity contribution < 1.29 is 8.83 Å². The van der Waals surface area contributed by atoms with E-state index in [2.05, 4.69) is 185 Å². The van der Waals surface area contributed by atoms with Gasteiger partial charge in [-0.25, -0.2) is 0 Å². The predicted octanol–water partition coefficient (Wildman–Crippen LogP) is 14.9. The molecule has 262 valence electrons. The Bertz CT molecular complexity index is 3480. The summed E-state index contributed by atoms with van der Waals surface area (Å²) in [4.78, 5) is 2.31. The zero-order valence-corrected chi connectivity index (χ0v) is 30.2. The van der Waals surface area contributed by atoms with Gasteiger partial charge in [0.05, 0.1) is 11.0 Å². The van der Waals surface area contributed by atoms with Gasteiger partial charge in [0.25, 0.3) is 0 Å². The van der Waals surface area contributed by atoms with E-state index in [-0.39, 0.29) is 0 Å². The van der Waals surface area contributed by atoms with E-state index in [1.807, 2.05) is 18.2 Å². The monoisotopic (exact) mass is 716 g/mol. The summed E-state index contributed by atoms with van der Waals surface area (Å²) in [6.45, 7) is 0. The lowest BCUT2D eigenvalue weighted by molar-refractivity contribution is 0.668. The molecule has 0 saturated heterocycles. The first-order valence-electron chi connectivity index (χ1n) is 19.0. The smallest absolute Gasteiger partial charge is 0.137 e. The lowest BCUT2D eigenvalue weighted by Crippen LogP contribution is -2.09. The number of rotatable bonds is 5. The molecular weight excluding hydrogens is 685 g/mol. The highest BCUT2D eigenvalue weighted by Crippen LogP contribution is 2.43. The van der Waals surface area contributed by atoms with Crippen molar-refractivity contribution in [2.45, 2.75) is 0 Å². The number of para-hydroxylation sites is 4. The van der Waals surface area contributed by atoms with E-state index in [0.717, 1.165) is 77.8 Å². The van der Waals surface area contributed by atoms with Crippen molar-refractivity contribution in [2.75, 3.05) is 4.90 Å². The SMILES string of the molecule is c1ccc(N(c2cccc(-c3ccc4c(c3)c3cc5ccc6oc7ccccc7c6c5cc3n4-c3ccccc3)c2)c2ccc3c(c2)oc2ccccc23)cc1. The highest BCUT2D eigenvalue weighted by molar-refractivity contribution is 6.23. The summed E-state index contributed by atoms with van der Waals surface area (Å²) in [6, 6.07) is 69.1. The fourth-order valence-electron chi connectivity index (χ4n) is 8.80. The first kappa shape index (κ1) is 30.9. The number of anilines is 3. The normalized spacial score (nSPS) is 11.9. The molecule has 4 nitrogen and oxygen atoms in total. The average molecular weight is 717 g/mol. The molecule has 4 heteroatoms. The van der Waals surface area contributed by atoms with Crippen LogP contribution in [0.2, 0.25) is 0 Å². The molecule has 12 aromatic rings. The van der Waals surface area contributed by atoms with Crippen LogP contribution < -0.4 is 4.90 Å². The van der Waals surface area contributed by atoms with Crippen molar-refractivity contribution >= 4 is 93.5 Å². The van der Waals surface area contributed by atoms with Crippen LogP contribution in [0.15, 0.2) is 203 Å². The quantitative estimate of drug-likeness (QED) is 0.178. The van der Waals surface area contributed by atoms with Crippen molar-refractivity contribution in [1.29, 1.82) is 0 Å². The van der Waals surface area contributed by atoms with Gasteiger partial charge < -0.3 is 18.3 Å². The van der Waals surface area contributed by atoms with Gasteiger partial charge in [-0.1, -0.05) is 97.1 Å². The van der Waals surface area contributed by atoms with Gasteiger partial charge in [0, 0.05) is 61.1 Å². The third-order valence-electron chi connectivity index (χ3n) is 11.3. The number of furan rings is 2. The Morgan fingerprint density at radius 3 is 1.86 bits per heavy atom. The fourth-order valence-corrected chi connectivity index (χ4v) is 8.80. The summed E-state index contributed by atoms with van der Waals surface area (Å²) in [6.07, 6.45) is 0. The van der Waals surface area contributed by atoms with Crippen molar-refractivity contribution in [3.8, 4) is 16.8 Å². The Hall–Kier alpha value is -7.56. The van der Waals surface area contributed by atoms with Crippen LogP contribution in [0.1, 0.15) is 0 Å². The minimum Gasteiger partial charge on any atom is -0.456 e. The van der Waals surface area contributed by atoms with Crippen LogP contribution in [0.4, 0.5) is 17.1 Å². The predicted molar refractivity (Wildman–Crippen MR) is 233 cm³/mol. The van der Waals surface area contributed by atoms with Crippen molar-refractivity contribution in [1.82, 2.24) is 4.57 Å². The van der Waals surface area contributed by atoms with Gasteiger partial charge in [0.15, 0.2) is 0 Å². The van der Waals surface area contributed by atoms with Gasteiger partial charge in [-0.3, -0.25) is 0 Å². The first-order valence-corrected chi connectivity index (χ1v) is 19.0. The van der Waals surface area contributed by atoms with E-state index in [9.17, 15) is 0 Å². The van der Waals surface area contributed by atoms with Crippen molar-refractivity contribution in [3.05, 3.63) is 194 Å². The summed E-state index contributed by atoms with van der Waals surface area (Å²) in [7, 11) is 0. The molecule has 0 bridgehead atoms. The van der Waals surface area contributed by atoms with Crippen molar-refractivity contribution in [3.63, 3.8) is 0 Å². The lowest BCUT2D eigenvalue weighted by atomic mass is 9.99. The minimum absolute atomic E-state index is 0.871. The summed E-state index contributed by atoms with van der Waals surface area (Å²) in [5.74, 6) is 0. The standard InChI is InChI=1S/C52H32N2O2/c1-3-13-36(14-4-1)53(39-24-25-41-40-18-7-9-20-48(40)56-51(41)31-39)38-17-11-12-33(28-38)34-22-26-46-44(29-34)45-30-35-23-27-50-52(42-19-8-10-21-49(42)55-50)43(35)32-47(45)54(46)37-15-5-2-6-16-37/h1-32H. The van der Waals surface area contributed by atoms with Crippen molar-refractivity contribution in [2.24, 2.45) is 0 Å². The minimum atomic E-state index is 0.871.